The second-order valence-electron chi connectivity index (χ2n) is 6.38. The van der Waals surface area contributed by atoms with E-state index >= 15 is 0 Å². The van der Waals surface area contributed by atoms with Crippen LogP contribution in [0.25, 0.3) is 11.3 Å². The molecule has 0 radical (unpaired) electrons. The number of methoxy groups -OCH3 is 1. The summed E-state index contributed by atoms with van der Waals surface area (Å²) in [5.41, 5.74) is 3.18. The Kier molecular flexibility index (Phi) is 4.27. The third-order valence-electron chi connectivity index (χ3n) is 4.73. The van der Waals surface area contributed by atoms with E-state index in [1.165, 1.54) is 12.1 Å². The lowest BCUT2D eigenvalue weighted by Gasteiger charge is -2.35. The van der Waals surface area contributed by atoms with Crippen LogP contribution in [0.15, 0.2) is 48.5 Å². The summed E-state index contributed by atoms with van der Waals surface area (Å²) >= 11 is 0. The molecule has 0 fully saturated rings. The minimum absolute atomic E-state index is 0.204. The average Bonchev–Trinajstić information content (AvgIpc) is 3.18. The van der Waals surface area contributed by atoms with Crippen LogP contribution < -0.4 is 14.5 Å². The van der Waals surface area contributed by atoms with Gasteiger partial charge >= 0.3 is 0 Å². The minimum atomic E-state index is -0.324. The molecule has 27 heavy (non-hydrogen) atoms. The molecular formula is C20H19FN4O2. The summed E-state index contributed by atoms with van der Waals surface area (Å²) in [7, 11) is 3.48. The molecule has 1 aliphatic heterocycles. The van der Waals surface area contributed by atoms with Crippen molar-refractivity contribution in [1.29, 1.82) is 0 Å². The number of amides is 1. The molecule has 1 aromatic heterocycles. The lowest BCUT2D eigenvalue weighted by atomic mass is 10.1. The van der Waals surface area contributed by atoms with Gasteiger partial charge in [-0.05, 0) is 36.4 Å². The molecule has 1 amide bonds. The summed E-state index contributed by atoms with van der Waals surface area (Å²) < 4.78 is 19.0. The molecule has 0 spiro atoms. The summed E-state index contributed by atoms with van der Waals surface area (Å²) in [6, 6.07) is 13.7. The van der Waals surface area contributed by atoms with Crippen LogP contribution in [0.5, 0.6) is 5.75 Å². The topological polar surface area (TPSA) is 61.5 Å². The number of carbonyl (C=O) groups is 1. The fraction of sp³-hybridized carbons (Fsp3) is 0.200. The Morgan fingerprint density at radius 2 is 1.96 bits per heavy atom. The third-order valence-corrected chi connectivity index (χ3v) is 4.73. The first-order valence-electron chi connectivity index (χ1n) is 8.60. The van der Waals surface area contributed by atoms with Crippen LogP contribution in [0.2, 0.25) is 0 Å². The number of para-hydroxylation sites is 1. The normalized spacial score (nSPS) is 13.4. The van der Waals surface area contributed by atoms with E-state index in [4.69, 9.17) is 4.74 Å². The molecule has 7 heteroatoms. The van der Waals surface area contributed by atoms with Crippen LogP contribution in [-0.2, 0) is 0 Å². The lowest BCUT2D eigenvalue weighted by molar-refractivity contribution is 0.0982. The molecule has 138 valence electrons. The van der Waals surface area contributed by atoms with Gasteiger partial charge in [0.2, 0.25) is 0 Å². The van der Waals surface area contributed by atoms with E-state index in [9.17, 15) is 9.18 Å². The van der Waals surface area contributed by atoms with E-state index in [2.05, 4.69) is 10.2 Å². The van der Waals surface area contributed by atoms with E-state index in [-0.39, 0.29) is 11.7 Å². The maximum absolute atomic E-state index is 13.6. The Balaban J connectivity index is 1.67. The number of aromatic amines is 1. The summed E-state index contributed by atoms with van der Waals surface area (Å²) in [4.78, 5) is 16.7. The van der Waals surface area contributed by atoms with Crippen LogP contribution in [0.4, 0.5) is 15.8 Å². The molecule has 6 nitrogen and oxygen atoms in total. The Morgan fingerprint density at radius 1 is 1.15 bits per heavy atom. The number of anilines is 2. The second kappa shape index (κ2) is 6.75. The summed E-state index contributed by atoms with van der Waals surface area (Å²) in [6.45, 7) is 1.13. The molecule has 3 aromatic rings. The monoisotopic (exact) mass is 366 g/mol. The average molecular weight is 366 g/mol. The molecular weight excluding hydrogens is 347 g/mol. The van der Waals surface area contributed by atoms with Gasteiger partial charge in [0.15, 0.2) is 0 Å². The van der Waals surface area contributed by atoms with Gasteiger partial charge < -0.3 is 14.5 Å². The van der Waals surface area contributed by atoms with Gasteiger partial charge in [-0.15, -0.1) is 0 Å². The number of ether oxygens (including phenoxy) is 1. The zero-order valence-corrected chi connectivity index (χ0v) is 15.1. The van der Waals surface area contributed by atoms with Crippen molar-refractivity contribution >= 4 is 17.3 Å². The van der Waals surface area contributed by atoms with Crippen LogP contribution in [0.1, 0.15) is 10.5 Å². The van der Waals surface area contributed by atoms with Crippen molar-refractivity contribution in [2.45, 2.75) is 0 Å². The summed E-state index contributed by atoms with van der Waals surface area (Å²) in [6.07, 6.45) is 0. The van der Waals surface area contributed by atoms with Gasteiger partial charge in [-0.25, -0.2) is 4.39 Å². The molecule has 0 saturated carbocycles. The number of H-pyrrole nitrogens is 1. The maximum atomic E-state index is 13.6. The minimum Gasteiger partial charge on any atom is -0.496 e. The Labute approximate surface area is 156 Å². The first-order chi connectivity index (χ1) is 13.1. The number of carbonyl (C=O) groups excluding carboxylic acids is 1. The van der Waals surface area contributed by atoms with Gasteiger partial charge in [-0.3, -0.25) is 9.89 Å². The molecule has 0 aliphatic carbocycles. The van der Waals surface area contributed by atoms with E-state index < -0.39 is 0 Å². The van der Waals surface area contributed by atoms with Crippen molar-refractivity contribution in [3.8, 4) is 17.0 Å². The van der Waals surface area contributed by atoms with Gasteiger partial charge in [0.05, 0.1) is 24.2 Å². The van der Waals surface area contributed by atoms with Crippen LogP contribution in [0.3, 0.4) is 0 Å². The van der Waals surface area contributed by atoms with E-state index in [1.54, 1.807) is 24.1 Å². The van der Waals surface area contributed by atoms with Crippen molar-refractivity contribution in [2.75, 3.05) is 37.0 Å². The number of hydrogen-bond acceptors (Lipinski definition) is 4. The second-order valence-corrected chi connectivity index (χ2v) is 6.38. The molecule has 4 rings (SSSR count). The van der Waals surface area contributed by atoms with Gasteiger partial charge in [-0.2, -0.15) is 5.10 Å². The predicted molar refractivity (Wildman–Crippen MR) is 102 cm³/mol. The quantitative estimate of drug-likeness (QED) is 0.772. The first-order valence-corrected chi connectivity index (χ1v) is 8.60. The third kappa shape index (κ3) is 3.01. The lowest BCUT2D eigenvalue weighted by Crippen LogP contribution is -2.42. The number of hydrogen-bond donors (Lipinski definition) is 1. The van der Waals surface area contributed by atoms with E-state index in [0.29, 0.717) is 41.6 Å². The highest BCUT2D eigenvalue weighted by Gasteiger charge is 2.27. The number of halogens is 1. The number of fused-ring (bicyclic) bond motifs is 1. The van der Waals surface area contributed by atoms with Crippen molar-refractivity contribution in [2.24, 2.45) is 0 Å². The number of benzene rings is 2. The molecule has 2 heterocycles. The molecule has 1 N–H and O–H groups in total. The Bertz CT molecular complexity index is 1000. The first kappa shape index (κ1) is 17.1. The van der Waals surface area contributed by atoms with E-state index in [1.807, 2.05) is 36.2 Å². The fourth-order valence-electron chi connectivity index (χ4n) is 3.30. The van der Waals surface area contributed by atoms with Crippen LogP contribution in [0, 0.1) is 5.82 Å². The molecule has 0 saturated heterocycles. The molecule has 0 bridgehead atoms. The molecule has 2 aromatic carbocycles. The number of rotatable bonds is 3. The van der Waals surface area contributed by atoms with Crippen molar-refractivity contribution in [1.82, 2.24) is 10.2 Å². The number of aromatic nitrogens is 2. The van der Waals surface area contributed by atoms with Gasteiger partial charge in [0.1, 0.15) is 17.3 Å². The van der Waals surface area contributed by atoms with Crippen LogP contribution in [-0.4, -0.2) is 43.4 Å². The van der Waals surface area contributed by atoms with Gasteiger partial charge in [-0.1, -0.05) is 12.1 Å². The maximum Gasteiger partial charge on any atom is 0.276 e. The fourth-order valence-corrected chi connectivity index (χ4v) is 3.30. The van der Waals surface area contributed by atoms with Gasteiger partial charge in [0.25, 0.3) is 5.91 Å². The van der Waals surface area contributed by atoms with Crippen molar-refractivity contribution in [3.05, 3.63) is 60.0 Å². The van der Waals surface area contributed by atoms with Crippen LogP contribution >= 0.6 is 0 Å². The SMILES string of the molecule is COc1ccccc1-c1cc(C(=O)N2CCN(C)c3cc(F)ccc32)[nH]n1. The summed E-state index contributed by atoms with van der Waals surface area (Å²) in [5.74, 6) is 0.155. The highest BCUT2D eigenvalue weighted by molar-refractivity contribution is 6.07. The largest absolute Gasteiger partial charge is 0.496 e. The van der Waals surface area contributed by atoms with Crippen molar-refractivity contribution in [3.63, 3.8) is 0 Å². The number of nitrogens with one attached hydrogen (secondary N) is 1. The number of likely N-dealkylation sites (N-methyl/N-ethyl adjacent to an activating group) is 1. The molecule has 0 atom stereocenters. The molecule has 0 unspecified atom stereocenters. The van der Waals surface area contributed by atoms with E-state index in [0.717, 1.165) is 5.56 Å². The zero-order valence-electron chi connectivity index (χ0n) is 15.1. The molecule has 1 aliphatic rings. The standard InChI is InChI=1S/C20H19FN4O2/c1-24-9-10-25(17-8-7-13(21)11-18(17)24)20(26)16-12-15(22-23-16)14-5-3-4-6-19(14)27-2/h3-8,11-12H,9-10H2,1-2H3,(H,22,23). The summed E-state index contributed by atoms with van der Waals surface area (Å²) in [5, 5.41) is 7.09. The smallest absolute Gasteiger partial charge is 0.276 e. The highest BCUT2D eigenvalue weighted by atomic mass is 19.1. The Morgan fingerprint density at radius 3 is 2.78 bits per heavy atom. The van der Waals surface area contributed by atoms with Crippen molar-refractivity contribution < 1.29 is 13.9 Å². The van der Waals surface area contributed by atoms with Gasteiger partial charge in [0, 0.05) is 25.7 Å². The zero-order chi connectivity index (χ0) is 19.0. The predicted octanol–water partition coefficient (Wildman–Crippen LogP) is 3.32. The highest BCUT2D eigenvalue weighted by Crippen LogP contribution is 2.34. The number of nitrogens with zero attached hydrogens (tertiary/aromatic N) is 3. The Hall–Kier alpha value is -3.35.